The summed E-state index contributed by atoms with van der Waals surface area (Å²) in [7, 11) is 1.55. The molecule has 0 aliphatic carbocycles. The number of anilines is 1. The van der Waals surface area contributed by atoms with Gasteiger partial charge in [0.1, 0.15) is 11.6 Å². The molecule has 0 bridgehead atoms. The standard InChI is InChI=1S/C18H15FN2O3S/c1-24-15-5-3-2-4-14(15)20-11-21-17(22)16(25-18(21)23)10-12-6-8-13(19)9-7-12/h2-10,20H,11H2,1H3. The van der Waals surface area contributed by atoms with Gasteiger partial charge in [0.25, 0.3) is 11.1 Å². The Balaban J connectivity index is 1.72. The van der Waals surface area contributed by atoms with Crippen molar-refractivity contribution in [2.24, 2.45) is 0 Å². The number of benzene rings is 2. The van der Waals surface area contributed by atoms with E-state index in [1.807, 2.05) is 12.1 Å². The van der Waals surface area contributed by atoms with Crippen LogP contribution in [0.15, 0.2) is 53.4 Å². The molecular weight excluding hydrogens is 343 g/mol. The van der Waals surface area contributed by atoms with Crippen molar-refractivity contribution in [2.45, 2.75) is 0 Å². The number of nitrogens with one attached hydrogen (secondary N) is 1. The monoisotopic (exact) mass is 358 g/mol. The van der Waals surface area contributed by atoms with Gasteiger partial charge in [0, 0.05) is 0 Å². The fourth-order valence-corrected chi connectivity index (χ4v) is 3.14. The maximum atomic E-state index is 13.0. The molecule has 0 unspecified atom stereocenters. The number of thioether (sulfide) groups is 1. The van der Waals surface area contributed by atoms with Crippen LogP contribution in [0.4, 0.5) is 14.9 Å². The first-order chi connectivity index (χ1) is 12.1. The number of amides is 2. The second-order valence-electron chi connectivity index (χ2n) is 5.20. The number of carbonyl (C=O) groups is 2. The van der Waals surface area contributed by atoms with Crippen LogP contribution in [0.5, 0.6) is 5.75 Å². The molecule has 0 spiro atoms. The van der Waals surface area contributed by atoms with Gasteiger partial charge in [-0.3, -0.25) is 14.5 Å². The van der Waals surface area contributed by atoms with Crippen LogP contribution in [-0.4, -0.2) is 29.8 Å². The lowest BCUT2D eigenvalue weighted by atomic mass is 10.2. The molecule has 0 radical (unpaired) electrons. The Morgan fingerprint density at radius 3 is 2.60 bits per heavy atom. The Morgan fingerprint density at radius 2 is 1.88 bits per heavy atom. The molecule has 2 aromatic rings. The minimum Gasteiger partial charge on any atom is -0.495 e. The van der Waals surface area contributed by atoms with Crippen LogP contribution in [0.1, 0.15) is 5.56 Å². The third-order valence-electron chi connectivity index (χ3n) is 3.58. The van der Waals surface area contributed by atoms with Crippen LogP contribution in [0.25, 0.3) is 6.08 Å². The van der Waals surface area contributed by atoms with Crippen LogP contribution in [0.2, 0.25) is 0 Å². The predicted octanol–water partition coefficient (Wildman–Crippen LogP) is 3.94. The molecule has 0 saturated carbocycles. The maximum absolute atomic E-state index is 13.0. The summed E-state index contributed by atoms with van der Waals surface area (Å²) < 4.78 is 18.2. The van der Waals surface area contributed by atoms with Gasteiger partial charge in [-0.05, 0) is 47.7 Å². The van der Waals surface area contributed by atoms with Gasteiger partial charge in [0.2, 0.25) is 0 Å². The average molecular weight is 358 g/mol. The first kappa shape index (κ1) is 17.0. The molecular formula is C18H15FN2O3S. The third-order valence-corrected chi connectivity index (χ3v) is 4.48. The molecule has 2 aromatic carbocycles. The highest BCUT2D eigenvalue weighted by Gasteiger charge is 2.34. The Bertz CT molecular complexity index is 836. The van der Waals surface area contributed by atoms with Gasteiger partial charge in [-0.1, -0.05) is 24.3 Å². The van der Waals surface area contributed by atoms with Crippen molar-refractivity contribution < 1.29 is 18.7 Å². The van der Waals surface area contributed by atoms with Crippen molar-refractivity contribution in [1.29, 1.82) is 0 Å². The lowest BCUT2D eigenvalue weighted by Gasteiger charge is -2.16. The van der Waals surface area contributed by atoms with Crippen LogP contribution in [0, 0.1) is 5.82 Å². The number of hydrogen-bond donors (Lipinski definition) is 1. The van der Waals surface area contributed by atoms with E-state index in [0.717, 1.165) is 16.7 Å². The van der Waals surface area contributed by atoms with Crippen molar-refractivity contribution in [2.75, 3.05) is 19.1 Å². The fraction of sp³-hybridized carbons (Fsp3) is 0.111. The van der Waals surface area contributed by atoms with Crippen molar-refractivity contribution in [3.05, 3.63) is 64.8 Å². The molecule has 128 valence electrons. The predicted molar refractivity (Wildman–Crippen MR) is 95.7 cm³/mol. The van der Waals surface area contributed by atoms with Gasteiger partial charge in [-0.25, -0.2) is 4.39 Å². The van der Waals surface area contributed by atoms with E-state index >= 15 is 0 Å². The lowest BCUT2D eigenvalue weighted by Crippen LogP contribution is -2.33. The van der Waals surface area contributed by atoms with Crippen LogP contribution in [-0.2, 0) is 4.79 Å². The van der Waals surface area contributed by atoms with Gasteiger partial charge in [0.15, 0.2) is 0 Å². The number of para-hydroxylation sites is 2. The molecule has 2 amide bonds. The molecule has 0 atom stereocenters. The fourth-order valence-electron chi connectivity index (χ4n) is 2.30. The van der Waals surface area contributed by atoms with E-state index < -0.39 is 0 Å². The molecule has 1 saturated heterocycles. The highest BCUT2D eigenvalue weighted by Crippen LogP contribution is 2.32. The Labute approximate surface area is 148 Å². The van der Waals surface area contributed by atoms with Crippen molar-refractivity contribution in [1.82, 2.24) is 4.90 Å². The normalized spacial score (nSPS) is 15.8. The van der Waals surface area contributed by atoms with Crippen molar-refractivity contribution >= 4 is 34.7 Å². The second kappa shape index (κ2) is 7.40. The number of nitrogens with zero attached hydrogens (tertiary/aromatic N) is 1. The quantitative estimate of drug-likeness (QED) is 0.821. The number of hydrogen-bond acceptors (Lipinski definition) is 5. The molecule has 5 nitrogen and oxygen atoms in total. The average Bonchev–Trinajstić information content (AvgIpc) is 2.89. The molecule has 1 N–H and O–H groups in total. The Hall–Kier alpha value is -2.80. The van der Waals surface area contributed by atoms with E-state index in [9.17, 15) is 14.0 Å². The number of methoxy groups -OCH3 is 1. The van der Waals surface area contributed by atoms with Crippen LogP contribution < -0.4 is 10.1 Å². The van der Waals surface area contributed by atoms with E-state index in [1.54, 1.807) is 37.5 Å². The minimum atomic E-state index is -0.387. The van der Waals surface area contributed by atoms with Gasteiger partial charge in [-0.15, -0.1) is 0 Å². The lowest BCUT2D eigenvalue weighted by molar-refractivity contribution is -0.122. The smallest absolute Gasteiger partial charge is 0.295 e. The second-order valence-corrected chi connectivity index (χ2v) is 6.19. The SMILES string of the molecule is COc1ccccc1NCN1C(=O)SC(=Cc2ccc(F)cc2)C1=O. The van der Waals surface area contributed by atoms with Crippen LogP contribution in [0.3, 0.4) is 0 Å². The van der Waals surface area contributed by atoms with Gasteiger partial charge < -0.3 is 10.1 Å². The summed E-state index contributed by atoms with van der Waals surface area (Å²) in [4.78, 5) is 26.0. The Kier molecular flexibility index (Phi) is 5.04. The number of halogens is 1. The first-order valence-electron chi connectivity index (χ1n) is 7.46. The maximum Gasteiger partial charge on any atom is 0.295 e. The van der Waals surface area contributed by atoms with E-state index in [4.69, 9.17) is 4.74 Å². The third kappa shape index (κ3) is 3.83. The van der Waals surface area contributed by atoms with Gasteiger partial charge in [0.05, 0.1) is 24.4 Å². The van der Waals surface area contributed by atoms with Gasteiger partial charge in [-0.2, -0.15) is 0 Å². The molecule has 0 aromatic heterocycles. The molecule has 3 rings (SSSR count). The molecule has 1 fully saturated rings. The summed E-state index contributed by atoms with van der Waals surface area (Å²) in [6.07, 6.45) is 1.58. The zero-order valence-corrected chi connectivity index (χ0v) is 14.2. The van der Waals surface area contributed by atoms with Crippen molar-refractivity contribution in [3.63, 3.8) is 0 Å². The first-order valence-corrected chi connectivity index (χ1v) is 8.28. The summed E-state index contributed by atoms with van der Waals surface area (Å²) in [5, 5.41) is 2.67. The summed E-state index contributed by atoms with van der Waals surface area (Å²) >= 11 is 0.859. The largest absolute Gasteiger partial charge is 0.495 e. The number of ether oxygens (including phenoxy) is 1. The number of imide groups is 1. The number of carbonyl (C=O) groups excluding carboxylic acids is 2. The topological polar surface area (TPSA) is 58.6 Å². The van der Waals surface area contributed by atoms with E-state index in [-0.39, 0.29) is 23.6 Å². The summed E-state index contributed by atoms with van der Waals surface area (Å²) in [5.74, 6) is -0.121. The highest BCUT2D eigenvalue weighted by atomic mass is 32.2. The zero-order valence-electron chi connectivity index (χ0n) is 13.4. The van der Waals surface area contributed by atoms with E-state index in [0.29, 0.717) is 21.9 Å². The molecule has 1 heterocycles. The molecule has 1 aliphatic heterocycles. The molecule has 7 heteroatoms. The summed E-state index contributed by atoms with van der Waals surface area (Å²) in [6.45, 7) is 0.0335. The molecule has 1 aliphatic rings. The zero-order chi connectivity index (χ0) is 17.8. The van der Waals surface area contributed by atoms with Crippen LogP contribution >= 0.6 is 11.8 Å². The Morgan fingerprint density at radius 1 is 1.16 bits per heavy atom. The van der Waals surface area contributed by atoms with Gasteiger partial charge >= 0.3 is 0 Å². The molecule has 25 heavy (non-hydrogen) atoms. The highest BCUT2D eigenvalue weighted by molar-refractivity contribution is 8.18. The minimum absolute atomic E-state index is 0.0335. The van der Waals surface area contributed by atoms with Crippen molar-refractivity contribution in [3.8, 4) is 5.75 Å². The summed E-state index contributed by atoms with van der Waals surface area (Å²) in [5.41, 5.74) is 1.34. The summed E-state index contributed by atoms with van der Waals surface area (Å²) in [6, 6.07) is 12.9. The van der Waals surface area contributed by atoms with E-state index in [2.05, 4.69) is 5.32 Å². The number of rotatable bonds is 5. The van der Waals surface area contributed by atoms with E-state index in [1.165, 1.54) is 12.1 Å².